The maximum Gasteiger partial charge on any atom is 0.117 e. The molecule has 0 aliphatic heterocycles. The first-order valence-corrected chi connectivity index (χ1v) is 5.98. The van der Waals surface area contributed by atoms with E-state index < -0.39 is 0 Å². The van der Waals surface area contributed by atoms with Gasteiger partial charge in [0.25, 0.3) is 0 Å². The number of hydrogen-bond acceptors (Lipinski definition) is 3. The third-order valence-electron chi connectivity index (χ3n) is 2.92. The lowest BCUT2D eigenvalue weighted by Crippen LogP contribution is -2.12. The molecule has 17 heavy (non-hydrogen) atoms. The van der Waals surface area contributed by atoms with Gasteiger partial charge in [0.1, 0.15) is 11.5 Å². The van der Waals surface area contributed by atoms with Gasteiger partial charge in [-0.1, -0.05) is 0 Å². The smallest absolute Gasteiger partial charge is 0.117 e. The fourth-order valence-corrected chi connectivity index (χ4v) is 1.88. The van der Waals surface area contributed by atoms with E-state index in [1.54, 1.807) is 0 Å². The molecule has 0 radical (unpaired) electrons. The van der Waals surface area contributed by atoms with Crippen LogP contribution in [0.2, 0.25) is 0 Å². The predicted molar refractivity (Wildman–Crippen MR) is 66.6 cm³/mol. The van der Waals surface area contributed by atoms with Crippen molar-refractivity contribution >= 4 is 0 Å². The van der Waals surface area contributed by atoms with Crippen molar-refractivity contribution in [2.45, 2.75) is 40.4 Å². The standard InChI is InChI=1S/C13H19N3O/c1-4-16-11(3)12(8-15-16)7-14-9-13-6-5-10(2)17-13/h5-6,8,14H,4,7,9H2,1-3H3. The zero-order chi connectivity index (χ0) is 12.3. The molecular formula is C13H19N3O. The Morgan fingerprint density at radius 3 is 2.71 bits per heavy atom. The van der Waals surface area contributed by atoms with E-state index in [0.29, 0.717) is 0 Å². The van der Waals surface area contributed by atoms with Gasteiger partial charge in [-0.3, -0.25) is 4.68 Å². The Hall–Kier alpha value is -1.55. The number of aryl methyl sites for hydroxylation is 2. The lowest BCUT2D eigenvalue weighted by molar-refractivity contribution is 0.461. The molecule has 0 aliphatic rings. The molecule has 0 unspecified atom stereocenters. The van der Waals surface area contributed by atoms with Crippen molar-refractivity contribution in [1.29, 1.82) is 0 Å². The Bertz CT molecular complexity index is 485. The maximum absolute atomic E-state index is 5.49. The molecule has 0 bridgehead atoms. The van der Waals surface area contributed by atoms with Crippen molar-refractivity contribution in [3.63, 3.8) is 0 Å². The summed E-state index contributed by atoms with van der Waals surface area (Å²) in [6, 6.07) is 3.99. The topological polar surface area (TPSA) is 43.0 Å². The number of furan rings is 1. The van der Waals surface area contributed by atoms with Crippen LogP contribution in [0.3, 0.4) is 0 Å². The van der Waals surface area contributed by atoms with E-state index >= 15 is 0 Å². The largest absolute Gasteiger partial charge is 0.465 e. The highest BCUT2D eigenvalue weighted by Gasteiger charge is 2.05. The van der Waals surface area contributed by atoms with Crippen molar-refractivity contribution in [2.75, 3.05) is 0 Å². The summed E-state index contributed by atoms with van der Waals surface area (Å²) < 4.78 is 7.50. The number of aromatic nitrogens is 2. The van der Waals surface area contributed by atoms with Crippen LogP contribution in [0.25, 0.3) is 0 Å². The maximum atomic E-state index is 5.49. The van der Waals surface area contributed by atoms with Gasteiger partial charge in [-0.2, -0.15) is 5.10 Å². The van der Waals surface area contributed by atoms with E-state index in [-0.39, 0.29) is 0 Å². The highest BCUT2D eigenvalue weighted by atomic mass is 16.3. The number of hydrogen-bond donors (Lipinski definition) is 1. The average molecular weight is 233 g/mol. The van der Waals surface area contributed by atoms with Crippen molar-refractivity contribution in [3.8, 4) is 0 Å². The van der Waals surface area contributed by atoms with Gasteiger partial charge in [0.2, 0.25) is 0 Å². The molecular weight excluding hydrogens is 214 g/mol. The molecule has 92 valence electrons. The zero-order valence-electron chi connectivity index (χ0n) is 10.7. The van der Waals surface area contributed by atoms with E-state index in [1.165, 1.54) is 11.3 Å². The van der Waals surface area contributed by atoms with Gasteiger partial charge in [0, 0.05) is 24.3 Å². The van der Waals surface area contributed by atoms with Crippen molar-refractivity contribution in [1.82, 2.24) is 15.1 Å². The number of rotatable bonds is 5. The minimum Gasteiger partial charge on any atom is -0.465 e. The van der Waals surface area contributed by atoms with E-state index in [2.05, 4.69) is 24.3 Å². The molecule has 2 rings (SSSR count). The Kier molecular flexibility index (Phi) is 3.64. The fourth-order valence-electron chi connectivity index (χ4n) is 1.88. The van der Waals surface area contributed by atoms with Gasteiger partial charge in [-0.25, -0.2) is 0 Å². The van der Waals surface area contributed by atoms with Gasteiger partial charge in [-0.15, -0.1) is 0 Å². The van der Waals surface area contributed by atoms with Crippen molar-refractivity contribution < 1.29 is 4.42 Å². The predicted octanol–water partition coefficient (Wildman–Crippen LogP) is 2.40. The van der Waals surface area contributed by atoms with Crippen LogP contribution in [-0.2, 0) is 19.6 Å². The van der Waals surface area contributed by atoms with Gasteiger partial charge >= 0.3 is 0 Å². The second-order valence-corrected chi connectivity index (χ2v) is 4.19. The summed E-state index contributed by atoms with van der Waals surface area (Å²) in [5.41, 5.74) is 2.48. The van der Waals surface area contributed by atoms with Crippen LogP contribution >= 0.6 is 0 Å². The van der Waals surface area contributed by atoms with Crippen LogP contribution in [0.4, 0.5) is 0 Å². The van der Waals surface area contributed by atoms with E-state index in [4.69, 9.17) is 4.42 Å². The van der Waals surface area contributed by atoms with E-state index in [1.807, 2.05) is 29.9 Å². The molecule has 2 aromatic heterocycles. The normalized spacial score (nSPS) is 11.0. The molecule has 4 heteroatoms. The Balaban J connectivity index is 1.87. The molecule has 2 aromatic rings. The first kappa shape index (κ1) is 11.9. The summed E-state index contributed by atoms with van der Waals surface area (Å²) in [4.78, 5) is 0. The molecule has 4 nitrogen and oxygen atoms in total. The van der Waals surface area contributed by atoms with Gasteiger partial charge < -0.3 is 9.73 Å². The quantitative estimate of drug-likeness (QED) is 0.862. The summed E-state index contributed by atoms with van der Waals surface area (Å²) in [6.45, 7) is 8.66. The first-order chi connectivity index (χ1) is 8.20. The summed E-state index contributed by atoms with van der Waals surface area (Å²) in [7, 11) is 0. The van der Waals surface area contributed by atoms with Crippen LogP contribution < -0.4 is 5.32 Å². The average Bonchev–Trinajstić information content (AvgIpc) is 2.87. The molecule has 0 fully saturated rings. The molecule has 2 heterocycles. The van der Waals surface area contributed by atoms with Crippen LogP contribution in [0.15, 0.2) is 22.7 Å². The molecule has 0 atom stereocenters. The van der Waals surface area contributed by atoms with E-state index in [0.717, 1.165) is 31.2 Å². The second kappa shape index (κ2) is 5.19. The van der Waals surface area contributed by atoms with Crippen LogP contribution in [0, 0.1) is 13.8 Å². The highest BCUT2D eigenvalue weighted by molar-refractivity contribution is 5.16. The molecule has 0 aliphatic carbocycles. The van der Waals surface area contributed by atoms with E-state index in [9.17, 15) is 0 Å². The van der Waals surface area contributed by atoms with Gasteiger partial charge in [0.15, 0.2) is 0 Å². The summed E-state index contributed by atoms with van der Waals surface area (Å²) in [5, 5.41) is 7.68. The molecule has 0 spiro atoms. The minimum atomic E-state index is 0.755. The lowest BCUT2D eigenvalue weighted by atomic mass is 10.2. The molecule has 1 N–H and O–H groups in total. The lowest BCUT2D eigenvalue weighted by Gasteiger charge is -2.03. The monoisotopic (exact) mass is 233 g/mol. The third-order valence-corrected chi connectivity index (χ3v) is 2.92. The van der Waals surface area contributed by atoms with Crippen LogP contribution in [-0.4, -0.2) is 9.78 Å². The van der Waals surface area contributed by atoms with Gasteiger partial charge in [-0.05, 0) is 32.9 Å². The Labute approximate surface area is 102 Å². The molecule has 0 saturated heterocycles. The zero-order valence-corrected chi connectivity index (χ0v) is 10.7. The van der Waals surface area contributed by atoms with Gasteiger partial charge in [0.05, 0.1) is 12.7 Å². The Morgan fingerprint density at radius 1 is 1.29 bits per heavy atom. The second-order valence-electron chi connectivity index (χ2n) is 4.19. The third kappa shape index (κ3) is 2.77. The van der Waals surface area contributed by atoms with Crippen molar-refractivity contribution in [3.05, 3.63) is 41.1 Å². The molecule has 0 saturated carbocycles. The highest BCUT2D eigenvalue weighted by Crippen LogP contribution is 2.08. The minimum absolute atomic E-state index is 0.755. The molecule has 0 aromatic carbocycles. The Morgan fingerprint density at radius 2 is 2.12 bits per heavy atom. The summed E-state index contributed by atoms with van der Waals surface area (Å²) >= 11 is 0. The summed E-state index contributed by atoms with van der Waals surface area (Å²) in [5.74, 6) is 1.93. The SMILES string of the molecule is CCn1ncc(CNCc2ccc(C)o2)c1C. The number of nitrogens with one attached hydrogen (secondary N) is 1. The molecule has 0 amide bonds. The first-order valence-electron chi connectivity index (χ1n) is 5.98. The fraction of sp³-hybridized carbons (Fsp3) is 0.462. The van der Waals surface area contributed by atoms with Crippen LogP contribution in [0.1, 0.15) is 29.7 Å². The van der Waals surface area contributed by atoms with Crippen LogP contribution in [0.5, 0.6) is 0 Å². The number of nitrogens with zero attached hydrogens (tertiary/aromatic N) is 2. The summed E-state index contributed by atoms with van der Waals surface area (Å²) in [6.07, 6.45) is 1.93. The van der Waals surface area contributed by atoms with Crippen molar-refractivity contribution in [2.24, 2.45) is 0 Å².